The SMILES string of the molecule is O=C(O)CCCCn1nnc(Cc2cn(Cc3ccc(Cl)cc3Cl)c3ccc(OCc4ccc(Cl)cc4)cc23)n1. The predicted molar refractivity (Wildman–Crippen MR) is 155 cm³/mol. The van der Waals surface area contributed by atoms with Gasteiger partial charge in [-0.3, -0.25) is 4.79 Å². The number of carboxylic acids is 1. The molecule has 0 aliphatic rings. The molecule has 0 amide bonds. The molecule has 8 nitrogen and oxygen atoms in total. The monoisotopic (exact) mass is 597 g/mol. The number of nitrogens with zero attached hydrogens (tertiary/aromatic N) is 5. The Labute approximate surface area is 246 Å². The Bertz CT molecular complexity index is 1630. The summed E-state index contributed by atoms with van der Waals surface area (Å²) < 4.78 is 8.24. The first-order chi connectivity index (χ1) is 19.3. The first-order valence-electron chi connectivity index (χ1n) is 12.8. The fourth-order valence-electron chi connectivity index (χ4n) is 4.43. The van der Waals surface area contributed by atoms with Crippen molar-refractivity contribution in [2.45, 2.75) is 45.4 Å². The largest absolute Gasteiger partial charge is 0.489 e. The maximum Gasteiger partial charge on any atom is 0.303 e. The smallest absolute Gasteiger partial charge is 0.303 e. The molecule has 0 saturated carbocycles. The van der Waals surface area contributed by atoms with E-state index in [4.69, 9.17) is 44.6 Å². The lowest BCUT2D eigenvalue weighted by Gasteiger charge is -2.10. The van der Waals surface area contributed by atoms with Gasteiger partial charge in [0.05, 0.1) is 6.54 Å². The Morgan fingerprint density at radius 3 is 2.50 bits per heavy atom. The lowest BCUT2D eigenvalue weighted by atomic mass is 10.1. The number of unbranched alkanes of at least 4 members (excludes halogenated alkanes) is 1. The summed E-state index contributed by atoms with van der Waals surface area (Å²) in [5, 5.41) is 24.6. The molecule has 206 valence electrons. The molecule has 0 atom stereocenters. The van der Waals surface area contributed by atoms with E-state index in [0.717, 1.165) is 33.3 Å². The van der Waals surface area contributed by atoms with Crippen molar-refractivity contribution in [3.63, 3.8) is 0 Å². The van der Waals surface area contributed by atoms with Crippen molar-refractivity contribution in [2.24, 2.45) is 0 Å². The quantitative estimate of drug-likeness (QED) is 0.155. The Morgan fingerprint density at radius 1 is 0.925 bits per heavy atom. The number of carbonyl (C=O) groups is 1. The summed E-state index contributed by atoms with van der Waals surface area (Å²) in [4.78, 5) is 12.3. The lowest BCUT2D eigenvalue weighted by molar-refractivity contribution is -0.137. The third kappa shape index (κ3) is 7.13. The van der Waals surface area contributed by atoms with Crippen molar-refractivity contribution in [3.05, 3.63) is 104 Å². The molecule has 0 aliphatic heterocycles. The van der Waals surface area contributed by atoms with Gasteiger partial charge >= 0.3 is 5.97 Å². The molecule has 0 fully saturated rings. The van der Waals surface area contributed by atoms with Crippen molar-refractivity contribution in [1.29, 1.82) is 0 Å². The predicted octanol–water partition coefficient (Wildman–Crippen LogP) is 7.06. The molecule has 0 spiro atoms. The highest BCUT2D eigenvalue weighted by Crippen LogP contribution is 2.30. The second-order valence-corrected chi connectivity index (χ2v) is 10.7. The molecule has 0 saturated heterocycles. The molecule has 5 rings (SSSR count). The van der Waals surface area contributed by atoms with Crippen LogP contribution in [0.15, 0.2) is 66.9 Å². The first-order valence-corrected chi connectivity index (χ1v) is 13.9. The minimum atomic E-state index is -0.806. The number of aliphatic carboxylic acids is 1. The third-order valence-corrected chi connectivity index (χ3v) is 7.29. The molecule has 1 N–H and O–H groups in total. The first kappa shape index (κ1) is 28.0. The summed E-state index contributed by atoms with van der Waals surface area (Å²) >= 11 is 18.6. The molecule has 0 radical (unpaired) electrons. The molecule has 2 aromatic heterocycles. The number of aromatic nitrogens is 5. The zero-order valence-electron chi connectivity index (χ0n) is 21.4. The van der Waals surface area contributed by atoms with Crippen LogP contribution in [-0.2, 0) is 30.9 Å². The van der Waals surface area contributed by atoms with Crippen LogP contribution in [0.25, 0.3) is 10.9 Å². The van der Waals surface area contributed by atoms with Crippen molar-refractivity contribution < 1.29 is 14.6 Å². The molecule has 0 bridgehead atoms. The zero-order valence-corrected chi connectivity index (χ0v) is 23.7. The second kappa shape index (κ2) is 12.7. The van der Waals surface area contributed by atoms with Gasteiger partial charge in [0.25, 0.3) is 0 Å². The number of tetrazole rings is 1. The fraction of sp³-hybridized carbons (Fsp3) is 0.241. The van der Waals surface area contributed by atoms with E-state index >= 15 is 0 Å². The van der Waals surface area contributed by atoms with Gasteiger partial charge in [-0.15, -0.1) is 10.2 Å². The number of carboxylic acid groups (broad SMARTS) is 1. The fourth-order valence-corrected chi connectivity index (χ4v) is 5.03. The molecular weight excluding hydrogens is 573 g/mol. The van der Waals surface area contributed by atoms with E-state index in [0.29, 0.717) is 59.9 Å². The molecule has 2 heterocycles. The van der Waals surface area contributed by atoms with Crippen LogP contribution in [0, 0.1) is 0 Å². The second-order valence-electron chi connectivity index (χ2n) is 9.44. The maximum absolute atomic E-state index is 10.7. The summed E-state index contributed by atoms with van der Waals surface area (Å²) in [6, 6.07) is 19.1. The zero-order chi connectivity index (χ0) is 28.1. The van der Waals surface area contributed by atoms with Gasteiger partial charge in [-0.1, -0.05) is 53.0 Å². The maximum atomic E-state index is 10.7. The Hall–Kier alpha value is -3.59. The molecule has 3 aromatic carbocycles. The van der Waals surface area contributed by atoms with Crippen LogP contribution in [-0.4, -0.2) is 35.9 Å². The standard InChI is InChI=1S/C29H26Cl3N5O3/c30-22-7-4-19(5-8-22)18-40-24-10-11-27-25(15-24)21(17-36(27)16-20-6-9-23(31)14-26(20)32)13-28-33-35-37(34-28)12-2-1-3-29(38)39/h4-11,14-15,17H,1-3,12-13,16,18H2,(H,38,39). The van der Waals surface area contributed by atoms with E-state index in [1.54, 1.807) is 6.07 Å². The summed E-state index contributed by atoms with van der Waals surface area (Å²) in [7, 11) is 0. The van der Waals surface area contributed by atoms with Gasteiger partial charge in [-0.2, -0.15) is 4.80 Å². The third-order valence-electron chi connectivity index (χ3n) is 6.45. The van der Waals surface area contributed by atoms with E-state index in [1.165, 1.54) is 4.80 Å². The summed E-state index contributed by atoms with van der Waals surface area (Å²) in [5.41, 5.74) is 4.00. The number of rotatable bonds is 12. The van der Waals surface area contributed by atoms with Gasteiger partial charge in [-0.25, -0.2) is 0 Å². The van der Waals surface area contributed by atoms with E-state index < -0.39 is 5.97 Å². The van der Waals surface area contributed by atoms with Crippen molar-refractivity contribution in [3.8, 4) is 5.75 Å². The highest BCUT2D eigenvalue weighted by molar-refractivity contribution is 6.35. The number of halogens is 3. The van der Waals surface area contributed by atoms with Crippen LogP contribution in [0.4, 0.5) is 0 Å². The van der Waals surface area contributed by atoms with E-state index in [1.807, 2.05) is 54.6 Å². The number of hydrogen-bond donors (Lipinski definition) is 1. The average Bonchev–Trinajstić information content (AvgIpc) is 3.52. The van der Waals surface area contributed by atoms with Crippen LogP contribution in [0.5, 0.6) is 5.75 Å². The van der Waals surface area contributed by atoms with E-state index in [2.05, 4.69) is 26.2 Å². The van der Waals surface area contributed by atoms with Gasteiger partial charge in [0.1, 0.15) is 12.4 Å². The van der Waals surface area contributed by atoms with E-state index in [9.17, 15) is 4.79 Å². The minimum Gasteiger partial charge on any atom is -0.489 e. The highest BCUT2D eigenvalue weighted by atomic mass is 35.5. The normalized spacial score (nSPS) is 11.3. The number of hydrogen-bond acceptors (Lipinski definition) is 5. The van der Waals surface area contributed by atoms with Crippen molar-refractivity contribution in [1.82, 2.24) is 24.8 Å². The Kier molecular flexibility index (Phi) is 8.89. The van der Waals surface area contributed by atoms with Crippen LogP contribution in [0.2, 0.25) is 15.1 Å². The topological polar surface area (TPSA) is 95.1 Å². The van der Waals surface area contributed by atoms with Gasteiger partial charge in [0, 0.05) is 51.6 Å². The average molecular weight is 599 g/mol. The number of ether oxygens (including phenoxy) is 1. The molecule has 5 aromatic rings. The van der Waals surface area contributed by atoms with Gasteiger partial charge < -0.3 is 14.4 Å². The summed E-state index contributed by atoms with van der Waals surface area (Å²) in [6.07, 6.45) is 3.89. The lowest BCUT2D eigenvalue weighted by Crippen LogP contribution is -2.04. The molecular formula is C29H26Cl3N5O3. The number of benzene rings is 3. The molecule has 40 heavy (non-hydrogen) atoms. The molecule has 0 unspecified atom stereocenters. The number of fused-ring (bicyclic) bond motifs is 1. The summed E-state index contributed by atoms with van der Waals surface area (Å²) in [6.45, 7) is 1.48. The van der Waals surface area contributed by atoms with Crippen LogP contribution < -0.4 is 4.74 Å². The van der Waals surface area contributed by atoms with Crippen LogP contribution in [0.3, 0.4) is 0 Å². The van der Waals surface area contributed by atoms with E-state index in [-0.39, 0.29) is 6.42 Å². The van der Waals surface area contributed by atoms with Crippen molar-refractivity contribution >= 4 is 51.7 Å². The van der Waals surface area contributed by atoms with Gasteiger partial charge in [0.15, 0.2) is 5.82 Å². The van der Waals surface area contributed by atoms with Gasteiger partial charge in [0.2, 0.25) is 0 Å². The summed E-state index contributed by atoms with van der Waals surface area (Å²) in [5.74, 6) is 0.510. The Balaban J connectivity index is 1.39. The highest BCUT2D eigenvalue weighted by Gasteiger charge is 2.15. The number of aryl methyl sites for hydroxylation is 1. The molecule has 0 aliphatic carbocycles. The molecule has 11 heteroatoms. The minimum absolute atomic E-state index is 0.126. The van der Waals surface area contributed by atoms with Crippen LogP contribution >= 0.6 is 34.8 Å². The van der Waals surface area contributed by atoms with Crippen molar-refractivity contribution in [2.75, 3.05) is 0 Å². The van der Waals surface area contributed by atoms with Crippen LogP contribution in [0.1, 0.15) is 41.8 Å². The Morgan fingerprint density at radius 2 is 1.73 bits per heavy atom. The van der Waals surface area contributed by atoms with Gasteiger partial charge in [-0.05, 0) is 77.2 Å².